The summed E-state index contributed by atoms with van der Waals surface area (Å²) in [6.07, 6.45) is 4.01. The number of piperidine rings is 1. The number of ether oxygens (including phenoxy) is 1. The zero-order chi connectivity index (χ0) is 14.5. The Morgan fingerprint density at radius 2 is 2.35 bits per heavy atom. The molecule has 2 heterocycles. The summed E-state index contributed by atoms with van der Waals surface area (Å²) in [4.78, 5) is 14.1. The van der Waals surface area contributed by atoms with E-state index < -0.39 is 0 Å². The average molecular weight is 279 g/mol. The molecule has 0 amide bonds. The van der Waals surface area contributed by atoms with Crippen LogP contribution in [0.1, 0.15) is 45.3 Å². The van der Waals surface area contributed by atoms with Gasteiger partial charge in [-0.05, 0) is 46.2 Å². The lowest BCUT2D eigenvalue weighted by Gasteiger charge is -2.30. The van der Waals surface area contributed by atoms with Crippen LogP contribution >= 0.6 is 0 Å². The van der Waals surface area contributed by atoms with Crippen LogP contribution in [-0.2, 0) is 16.1 Å². The minimum absolute atomic E-state index is 0.0240. The summed E-state index contributed by atoms with van der Waals surface area (Å²) in [5.41, 5.74) is 1.07. The van der Waals surface area contributed by atoms with E-state index in [4.69, 9.17) is 4.74 Å². The summed E-state index contributed by atoms with van der Waals surface area (Å²) < 4.78 is 7.10. The lowest BCUT2D eigenvalue weighted by Crippen LogP contribution is -2.39. The number of carbonyl (C=O) groups is 1. The smallest absolute Gasteiger partial charge is 0.310 e. The summed E-state index contributed by atoms with van der Waals surface area (Å²) in [7, 11) is 0. The van der Waals surface area contributed by atoms with Crippen molar-refractivity contribution in [2.45, 2.75) is 46.2 Å². The molecule has 5 nitrogen and oxygen atoms in total. The largest absolute Gasteiger partial charge is 0.466 e. The standard InChI is InChI=1S/C15H25N3O2/c1-4-20-15(19)13-6-5-8-17(10-13)11-14-7-9-18(16-14)12(2)3/h7,9,12-13H,4-6,8,10-11H2,1-3H3/t13-/m1/s1. The van der Waals surface area contributed by atoms with E-state index >= 15 is 0 Å². The molecule has 1 atom stereocenters. The molecule has 0 unspecified atom stereocenters. The van der Waals surface area contributed by atoms with Gasteiger partial charge in [0, 0.05) is 25.3 Å². The summed E-state index contributed by atoms with van der Waals surface area (Å²) in [6, 6.07) is 2.45. The van der Waals surface area contributed by atoms with Crippen molar-refractivity contribution in [2.24, 2.45) is 5.92 Å². The maximum atomic E-state index is 11.8. The highest BCUT2D eigenvalue weighted by Crippen LogP contribution is 2.19. The van der Waals surface area contributed by atoms with Crippen molar-refractivity contribution in [3.05, 3.63) is 18.0 Å². The molecule has 0 aliphatic carbocycles. The molecule has 1 aliphatic rings. The van der Waals surface area contributed by atoms with Gasteiger partial charge in [-0.2, -0.15) is 5.10 Å². The molecule has 0 radical (unpaired) electrons. The van der Waals surface area contributed by atoms with Crippen LogP contribution < -0.4 is 0 Å². The van der Waals surface area contributed by atoms with Gasteiger partial charge in [-0.1, -0.05) is 0 Å². The molecule has 1 aliphatic heterocycles. The first-order valence-electron chi connectivity index (χ1n) is 7.53. The molecular weight excluding hydrogens is 254 g/mol. The van der Waals surface area contributed by atoms with Crippen LogP contribution in [0.2, 0.25) is 0 Å². The van der Waals surface area contributed by atoms with Crippen LogP contribution in [0.4, 0.5) is 0 Å². The van der Waals surface area contributed by atoms with Crippen molar-refractivity contribution in [3.8, 4) is 0 Å². The van der Waals surface area contributed by atoms with Crippen LogP contribution in [-0.4, -0.2) is 40.3 Å². The van der Waals surface area contributed by atoms with Crippen LogP contribution in [0.15, 0.2) is 12.3 Å². The number of esters is 1. The molecule has 5 heteroatoms. The minimum atomic E-state index is -0.0510. The topological polar surface area (TPSA) is 47.4 Å². The Hall–Kier alpha value is -1.36. The monoisotopic (exact) mass is 279 g/mol. The predicted octanol–water partition coefficient (Wildman–Crippen LogP) is 2.24. The maximum absolute atomic E-state index is 11.8. The fraction of sp³-hybridized carbons (Fsp3) is 0.733. The first kappa shape index (κ1) is 15.0. The summed E-state index contributed by atoms with van der Waals surface area (Å²) in [5, 5.41) is 4.57. The number of carbonyl (C=O) groups excluding carboxylic acids is 1. The van der Waals surface area contributed by atoms with Crippen molar-refractivity contribution in [3.63, 3.8) is 0 Å². The van der Waals surface area contributed by atoms with Gasteiger partial charge in [-0.25, -0.2) is 0 Å². The number of hydrogen-bond acceptors (Lipinski definition) is 4. The third-order valence-corrected chi connectivity index (χ3v) is 3.70. The lowest BCUT2D eigenvalue weighted by atomic mass is 9.98. The fourth-order valence-electron chi connectivity index (χ4n) is 2.63. The quantitative estimate of drug-likeness (QED) is 0.776. The molecule has 1 aromatic heterocycles. The van der Waals surface area contributed by atoms with Gasteiger partial charge in [0.1, 0.15) is 0 Å². The number of likely N-dealkylation sites (tertiary alicyclic amines) is 1. The Morgan fingerprint density at radius 1 is 1.55 bits per heavy atom. The van der Waals surface area contributed by atoms with Crippen molar-refractivity contribution in [1.29, 1.82) is 0 Å². The van der Waals surface area contributed by atoms with Crippen LogP contribution in [0.5, 0.6) is 0 Å². The second kappa shape index (κ2) is 6.88. The van der Waals surface area contributed by atoms with E-state index in [1.165, 1.54) is 0 Å². The molecule has 1 aromatic rings. The Kier molecular flexibility index (Phi) is 5.17. The average Bonchev–Trinajstić information content (AvgIpc) is 2.88. The third-order valence-electron chi connectivity index (χ3n) is 3.70. The highest BCUT2D eigenvalue weighted by atomic mass is 16.5. The zero-order valence-corrected chi connectivity index (χ0v) is 12.7. The second-order valence-electron chi connectivity index (χ2n) is 5.71. The molecule has 0 spiro atoms. The molecule has 0 bridgehead atoms. The van der Waals surface area contributed by atoms with E-state index in [0.717, 1.165) is 38.2 Å². The Labute approximate surface area is 120 Å². The van der Waals surface area contributed by atoms with Gasteiger partial charge in [0.15, 0.2) is 0 Å². The van der Waals surface area contributed by atoms with Crippen molar-refractivity contribution in [1.82, 2.24) is 14.7 Å². The first-order chi connectivity index (χ1) is 9.60. The highest BCUT2D eigenvalue weighted by molar-refractivity contribution is 5.72. The second-order valence-corrected chi connectivity index (χ2v) is 5.71. The normalized spacial score (nSPS) is 20.3. The molecule has 0 saturated carbocycles. The molecular formula is C15H25N3O2. The van der Waals surface area contributed by atoms with E-state index in [1.54, 1.807) is 0 Å². The number of nitrogens with zero attached hydrogens (tertiary/aromatic N) is 3. The predicted molar refractivity (Wildman–Crippen MR) is 77.2 cm³/mol. The first-order valence-corrected chi connectivity index (χ1v) is 7.53. The van der Waals surface area contributed by atoms with Crippen molar-refractivity contribution < 1.29 is 9.53 Å². The van der Waals surface area contributed by atoms with Crippen LogP contribution in [0.3, 0.4) is 0 Å². The van der Waals surface area contributed by atoms with Gasteiger partial charge < -0.3 is 4.74 Å². The van der Waals surface area contributed by atoms with E-state index in [9.17, 15) is 4.79 Å². The molecule has 2 rings (SSSR count). The fourth-order valence-corrected chi connectivity index (χ4v) is 2.63. The molecule has 1 saturated heterocycles. The van der Waals surface area contributed by atoms with Gasteiger partial charge >= 0.3 is 5.97 Å². The SMILES string of the molecule is CCOC(=O)[C@@H]1CCCN(Cc2ccn(C(C)C)n2)C1. The lowest BCUT2D eigenvalue weighted by molar-refractivity contribution is -0.150. The van der Waals surface area contributed by atoms with Gasteiger partial charge in [0.2, 0.25) is 0 Å². The highest BCUT2D eigenvalue weighted by Gasteiger charge is 2.27. The van der Waals surface area contributed by atoms with Crippen LogP contribution in [0.25, 0.3) is 0 Å². The van der Waals surface area contributed by atoms with Gasteiger partial charge in [-0.15, -0.1) is 0 Å². The summed E-state index contributed by atoms with van der Waals surface area (Å²) in [6.45, 7) is 9.20. The summed E-state index contributed by atoms with van der Waals surface area (Å²) >= 11 is 0. The van der Waals surface area contributed by atoms with E-state index in [0.29, 0.717) is 12.6 Å². The van der Waals surface area contributed by atoms with Gasteiger partial charge in [0.05, 0.1) is 18.2 Å². The van der Waals surface area contributed by atoms with Crippen LogP contribution in [0, 0.1) is 5.92 Å². The van der Waals surface area contributed by atoms with E-state index in [1.807, 2.05) is 17.8 Å². The van der Waals surface area contributed by atoms with Crippen molar-refractivity contribution in [2.75, 3.05) is 19.7 Å². The van der Waals surface area contributed by atoms with Gasteiger partial charge in [0.25, 0.3) is 0 Å². The Bertz CT molecular complexity index is 442. The Balaban J connectivity index is 1.90. The zero-order valence-electron chi connectivity index (χ0n) is 12.7. The number of aromatic nitrogens is 2. The third kappa shape index (κ3) is 3.82. The number of rotatable bonds is 5. The molecule has 1 fully saturated rings. The van der Waals surface area contributed by atoms with E-state index in [2.05, 4.69) is 29.9 Å². The molecule has 0 aromatic carbocycles. The van der Waals surface area contributed by atoms with E-state index in [-0.39, 0.29) is 11.9 Å². The molecule has 0 N–H and O–H groups in total. The maximum Gasteiger partial charge on any atom is 0.310 e. The van der Waals surface area contributed by atoms with Crippen molar-refractivity contribution >= 4 is 5.97 Å². The molecule has 112 valence electrons. The number of hydrogen-bond donors (Lipinski definition) is 0. The minimum Gasteiger partial charge on any atom is -0.466 e. The molecule has 20 heavy (non-hydrogen) atoms. The summed E-state index contributed by atoms with van der Waals surface area (Å²) in [5.74, 6) is -0.0270. The van der Waals surface area contributed by atoms with Gasteiger partial charge in [-0.3, -0.25) is 14.4 Å². The Morgan fingerprint density at radius 3 is 3.00 bits per heavy atom.